The molecule has 4 heteroatoms. The highest BCUT2D eigenvalue weighted by Crippen LogP contribution is 2.30. The van der Waals surface area contributed by atoms with E-state index in [-0.39, 0.29) is 12.5 Å². The molecule has 0 aromatic heterocycles. The summed E-state index contributed by atoms with van der Waals surface area (Å²) < 4.78 is 0. The summed E-state index contributed by atoms with van der Waals surface area (Å²) in [6.45, 7) is 2.68. The largest absolute Gasteiger partial charge is 0.392 e. The lowest BCUT2D eigenvalue weighted by molar-refractivity contribution is -0.128. The summed E-state index contributed by atoms with van der Waals surface area (Å²) in [4.78, 5) is 12.3. The van der Waals surface area contributed by atoms with Crippen LogP contribution in [-0.4, -0.2) is 16.6 Å². The van der Waals surface area contributed by atoms with Crippen LogP contribution in [0.2, 0.25) is 0 Å². The van der Waals surface area contributed by atoms with Crippen molar-refractivity contribution in [1.82, 2.24) is 5.32 Å². The molecule has 4 nitrogen and oxygen atoms in total. The fourth-order valence-corrected chi connectivity index (χ4v) is 2.92. The highest BCUT2D eigenvalue weighted by Gasteiger charge is 2.37. The zero-order valence-electron chi connectivity index (χ0n) is 12.1. The van der Waals surface area contributed by atoms with Crippen molar-refractivity contribution in [2.24, 2.45) is 11.7 Å². The van der Waals surface area contributed by atoms with Gasteiger partial charge in [-0.25, -0.2) is 0 Å². The lowest BCUT2D eigenvalue weighted by Gasteiger charge is -2.35. The Morgan fingerprint density at radius 3 is 2.65 bits per heavy atom. The topological polar surface area (TPSA) is 75.4 Å². The zero-order valence-corrected chi connectivity index (χ0v) is 12.1. The third-order valence-corrected chi connectivity index (χ3v) is 4.14. The number of benzene rings is 1. The van der Waals surface area contributed by atoms with E-state index < -0.39 is 5.54 Å². The molecule has 1 aliphatic carbocycles. The first-order chi connectivity index (χ1) is 9.53. The number of carbonyl (C=O) groups is 1. The van der Waals surface area contributed by atoms with E-state index in [4.69, 9.17) is 10.8 Å². The Morgan fingerprint density at radius 1 is 1.40 bits per heavy atom. The Morgan fingerprint density at radius 2 is 2.05 bits per heavy atom. The first-order valence-corrected chi connectivity index (χ1v) is 7.29. The summed E-state index contributed by atoms with van der Waals surface area (Å²) in [5, 5.41) is 11.9. The minimum atomic E-state index is -0.706. The summed E-state index contributed by atoms with van der Waals surface area (Å²) in [5.41, 5.74) is 7.44. The van der Waals surface area contributed by atoms with Crippen molar-refractivity contribution in [3.8, 4) is 0 Å². The van der Waals surface area contributed by atoms with Gasteiger partial charge >= 0.3 is 0 Å². The molecule has 0 bridgehead atoms. The third-order valence-electron chi connectivity index (χ3n) is 4.14. The van der Waals surface area contributed by atoms with Crippen molar-refractivity contribution in [2.75, 3.05) is 0 Å². The summed E-state index contributed by atoms with van der Waals surface area (Å²) in [6, 6.07) is 7.56. The van der Waals surface area contributed by atoms with Gasteiger partial charge in [0.1, 0.15) is 0 Å². The molecule has 0 spiro atoms. The van der Waals surface area contributed by atoms with Crippen molar-refractivity contribution in [2.45, 2.75) is 51.3 Å². The van der Waals surface area contributed by atoms with Gasteiger partial charge in [-0.3, -0.25) is 4.79 Å². The molecule has 2 atom stereocenters. The number of nitrogens with one attached hydrogen (secondary N) is 1. The van der Waals surface area contributed by atoms with Crippen LogP contribution in [0.4, 0.5) is 0 Å². The lowest BCUT2D eigenvalue weighted by Crippen LogP contribution is -2.56. The molecule has 0 radical (unpaired) electrons. The van der Waals surface area contributed by atoms with Crippen LogP contribution >= 0.6 is 0 Å². The number of amides is 1. The van der Waals surface area contributed by atoms with Gasteiger partial charge in [0.05, 0.1) is 12.1 Å². The van der Waals surface area contributed by atoms with Gasteiger partial charge in [-0.1, -0.05) is 44.0 Å². The maximum atomic E-state index is 12.3. The van der Waals surface area contributed by atoms with Gasteiger partial charge in [-0.05, 0) is 29.9 Å². The van der Waals surface area contributed by atoms with Crippen molar-refractivity contribution in [3.05, 3.63) is 35.4 Å². The molecule has 0 saturated heterocycles. The van der Waals surface area contributed by atoms with Crippen LogP contribution in [-0.2, 0) is 17.9 Å². The van der Waals surface area contributed by atoms with Gasteiger partial charge in [0, 0.05) is 6.54 Å². The second-order valence-electron chi connectivity index (χ2n) is 6.01. The zero-order chi connectivity index (χ0) is 14.6. The quantitative estimate of drug-likeness (QED) is 0.783. The molecule has 20 heavy (non-hydrogen) atoms. The molecule has 0 heterocycles. The van der Waals surface area contributed by atoms with E-state index in [0.29, 0.717) is 12.5 Å². The van der Waals surface area contributed by atoms with E-state index in [1.807, 2.05) is 24.3 Å². The van der Waals surface area contributed by atoms with Gasteiger partial charge in [-0.2, -0.15) is 0 Å². The molecule has 1 fully saturated rings. The average molecular weight is 276 g/mol. The smallest absolute Gasteiger partial charge is 0.240 e. The molecule has 1 aliphatic rings. The van der Waals surface area contributed by atoms with E-state index in [2.05, 4.69) is 12.2 Å². The predicted octanol–water partition coefficient (Wildman–Crippen LogP) is 1.70. The minimum absolute atomic E-state index is 0.0381. The van der Waals surface area contributed by atoms with E-state index in [1.165, 1.54) is 0 Å². The standard InChI is InChI=1S/C16H24N2O2/c1-12-3-2-8-16(17,9-12)15(20)18-10-13-4-6-14(11-19)7-5-13/h4-7,12,19H,2-3,8-11,17H2,1H3,(H,18,20). The molecule has 1 aromatic rings. The highest BCUT2D eigenvalue weighted by molar-refractivity contribution is 5.86. The molecule has 2 rings (SSSR count). The first kappa shape index (κ1) is 15.0. The van der Waals surface area contributed by atoms with Crippen LogP contribution in [0.15, 0.2) is 24.3 Å². The second kappa shape index (κ2) is 6.37. The van der Waals surface area contributed by atoms with Crippen LogP contribution in [0.3, 0.4) is 0 Å². The van der Waals surface area contributed by atoms with Crippen LogP contribution in [0.5, 0.6) is 0 Å². The number of rotatable bonds is 4. The van der Waals surface area contributed by atoms with Crippen molar-refractivity contribution < 1.29 is 9.90 Å². The van der Waals surface area contributed by atoms with Crippen molar-refractivity contribution in [1.29, 1.82) is 0 Å². The second-order valence-corrected chi connectivity index (χ2v) is 6.01. The van der Waals surface area contributed by atoms with Gasteiger partial charge in [0.2, 0.25) is 5.91 Å². The van der Waals surface area contributed by atoms with Crippen LogP contribution < -0.4 is 11.1 Å². The third kappa shape index (κ3) is 3.58. The Labute approximate surface area is 120 Å². The van der Waals surface area contributed by atoms with Crippen molar-refractivity contribution >= 4 is 5.91 Å². The fraction of sp³-hybridized carbons (Fsp3) is 0.562. The number of carbonyl (C=O) groups excluding carboxylic acids is 1. The van der Waals surface area contributed by atoms with Gasteiger partial charge < -0.3 is 16.2 Å². The average Bonchev–Trinajstić information content (AvgIpc) is 2.45. The lowest BCUT2D eigenvalue weighted by atomic mass is 9.76. The molecule has 1 amide bonds. The molecule has 1 saturated carbocycles. The maximum Gasteiger partial charge on any atom is 0.240 e. The predicted molar refractivity (Wildman–Crippen MR) is 78.8 cm³/mol. The van der Waals surface area contributed by atoms with Gasteiger partial charge in [0.15, 0.2) is 0 Å². The number of aliphatic hydroxyl groups excluding tert-OH is 1. The normalized spacial score (nSPS) is 26.2. The Balaban J connectivity index is 1.90. The summed E-state index contributed by atoms with van der Waals surface area (Å²) in [7, 11) is 0. The maximum absolute atomic E-state index is 12.3. The van der Waals surface area contributed by atoms with Crippen LogP contribution in [0.1, 0.15) is 43.7 Å². The highest BCUT2D eigenvalue weighted by atomic mass is 16.3. The molecule has 0 aliphatic heterocycles. The van der Waals surface area contributed by atoms with Crippen molar-refractivity contribution in [3.63, 3.8) is 0 Å². The van der Waals surface area contributed by atoms with E-state index >= 15 is 0 Å². The summed E-state index contributed by atoms with van der Waals surface area (Å²) >= 11 is 0. The number of nitrogens with two attached hydrogens (primary N) is 1. The van der Waals surface area contributed by atoms with Gasteiger partial charge in [-0.15, -0.1) is 0 Å². The number of hydrogen-bond acceptors (Lipinski definition) is 3. The first-order valence-electron chi connectivity index (χ1n) is 7.29. The molecule has 110 valence electrons. The van der Waals surface area contributed by atoms with Crippen LogP contribution in [0, 0.1) is 5.92 Å². The van der Waals surface area contributed by atoms with E-state index in [9.17, 15) is 4.79 Å². The van der Waals surface area contributed by atoms with Gasteiger partial charge in [0.25, 0.3) is 0 Å². The Bertz CT molecular complexity index is 458. The number of aliphatic hydroxyl groups is 1. The number of hydrogen-bond donors (Lipinski definition) is 3. The Kier molecular flexibility index (Phi) is 4.78. The summed E-state index contributed by atoms with van der Waals surface area (Å²) in [5.74, 6) is 0.471. The fourth-order valence-electron chi connectivity index (χ4n) is 2.92. The monoisotopic (exact) mass is 276 g/mol. The molecule has 2 unspecified atom stereocenters. The minimum Gasteiger partial charge on any atom is -0.392 e. The van der Waals surface area contributed by atoms with Crippen LogP contribution in [0.25, 0.3) is 0 Å². The summed E-state index contributed by atoms with van der Waals surface area (Å²) in [6.07, 6.45) is 3.72. The molecule has 1 aromatic carbocycles. The molecular formula is C16H24N2O2. The SMILES string of the molecule is CC1CCCC(N)(C(=O)NCc2ccc(CO)cc2)C1. The van der Waals surface area contributed by atoms with E-state index in [1.54, 1.807) is 0 Å². The Hall–Kier alpha value is -1.39. The molecule has 4 N–H and O–H groups in total. The van der Waals surface area contributed by atoms with E-state index in [0.717, 1.165) is 36.8 Å². The molecular weight excluding hydrogens is 252 g/mol.